The van der Waals surface area contributed by atoms with Crippen molar-refractivity contribution < 1.29 is 19.0 Å². The zero-order valence-electron chi connectivity index (χ0n) is 14.0. The van der Waals surface area contributed by atoms with Crippen molar-refractivity contribution in [1.29, 1.82) is 5.26 Å². The van der Waals surface area contributed by atoms with Gasteiger partial charge >= 0.3 is 5.97 Å². The van der Waals surface area contributed by atoms with E-state index in [0.29, 0.717) is 28.5 Å². The molecule has 0 saturated heterocycles. The number of rotatable bonds is 6. The van der Waals surface area contributed by atoms with Crippen LogP contribution in [-0.2, 0) is 9.53 Å². The van der Waals surface area contributed by atoms with E-state index >= 15 is 0 Å². The van der Waals surface area contributed by atoms with Gasteiger partial charge in [-0.15, -0.1) is 0 Å². The second-order valence-electron chi connectivity index (χ2n) is 5.14. The van der Waals surface area contributed by atoms with E-state index in [4.69, 9.17) is 25.2 Å². The van der Waals surface area contributed by atoms with Crippen LogP contribution in [0.5, 0.6) is 17.2 Å². The average Bonchev–Trinajstić information content (AvgIpc) is 2.59. The van der Waals surface area contributed by atoms with Crippen LogP contribution in [0.2, 0.25) is 0 Å². The monoisotopic (exact) mass is 338 g/mol. The van der Waals surface area contributed by atoms with Crippen molar-refractivity contribution in [1.82, 2.24) is 0 Å². The minimum atomic E-state index is -0.604. The van der Waals surface area contributed by atoms with Crippen LogP contribution in [0.15, 0.2) is 48.7 Å². The summed E-state index contributed by atoms with van der Waals surface area (Å²) in [6.07, 6.45) is 0. The Balaban J connectivity index is 2.13. The van der Waals surface area contributed by atoms with Crippen molar-refractivity contribution >= 4 is 11.7 Å². The standard InChI is InChI=1S/C19H18N2O4/c1-4-23-19(22)13(3)24-18-8-6-15(9-12(18)2)25-16-5-7-17(21)14(10-16)11-20/h5-10H,3-4,21H2,1-2H3. The van der Waals surface area contributed by atoms with Crippen LogP contribution in [0.4, 0.5) is 5.69 Å². The van der Waals surface area contributed by atoms with E-state index in [-0.39, 0.29) is 12.4 Å². The molecule has 0 aliphatic heterocycles. The quantitative estimate of drug-likeness (QED) is 0.373. The first kappa shape index (κ1) is 17.9. The Morgan fingerprint density at radius 1 is 1.24 bits per heavy atom. The van der Waals surface area contributed by atoms with Gasteiger partial charge in [0, 0.05) is 11.8 Å². The molecule has 0 heterocycles. The third-order valence-corrected chi connectivity index (χ3v) is 3.26. The van der Waals surface area contributed by atoms with Crippen LogP contribution in [-0.4, -0.2) is 12.6 Å². The number of ether oxygens (including phenoxy) is 3. The van der Waals surface area contributed by atoms with E-state index in [1.54, 1.807) is 43.3 Å². The maximum Gasteiger partial charge on any atom is 0.373 e. The summed E-state index contributed by atoms with van der Waals surface area (Å²) >= 11 is 0. The number of carbonyl (C=O) groups excluding carboxylic acids is 1. The van der Waals surface area contributed by atoms with E-state index < -0.39 is 5.97 Å². The highest BCUT2D eigenvalue weighted by Crippen LogP contribution is 2.29. The highest BCUT2D eigenvalue weighted by atomic mass is 16.6. The van der Waals surface area contributed by atoms with Gasteiger partial charge in [-0.2, -0.15) is 5.26 Å². The van der Waals surface area contributed by atoms with Crippen molar-refractivity contribution in [2.75, 3.05) is 12.3 Å². The molecule has 6 nitrogen and oxygen atoms in total. The Morgan fingerprint density at radius 3 is 2.56 bits per heavy atom. The molecule has 0 aromatic heterocycles. The second kappa shape index (κ2) is 7.88. The zero-order valence-corrected chi connectivity index (χ0v) is 14.0. The van der Waals surface area contributed by atoms with Gasteiger partial charge in [0.2, 0.25) is 5.76 Å². The third kappa shape index (κ3) is 4.52. The fourth-order valence-corrected chi connectivity index (χ4v) is 2.02. The van der Waals surface area contributed by atoms with E-state index in [9.17, 15) is 4.79 Å². The highest BCUT2D eigenvalue weighted by Gasteiger charge is 2.12. The summed E-state index contributed by atoms with van der Waals surface area (Å²) in [4.78, 5) is 11.5. The van der Waals surface area contributed by atoms with Gasteiger partial charge in [-0.3, -0.25) is 0 Å². The molecular weight excluding hydrogens is 320 g/mol. The third-order valence-electron chi connectivity index (χ3n) is 3.26. The van der Waals surface area contributed by atoms with Crippen LogP contribution in [0.3, 0.4) is 0 Å². The molecule has 0 spiro atoms. The minimum Gasteiger partial charge on any atom is -0.460 e. The highest BCUT2D eigenvalue weighted by molar-refractivity contribution is 5.86. The molecule has 0 aliphatic carbocycles. The first-order chi connectivity index (χ1) is 11.9. The Morgan fingerprint density at radius 2 is 1.92 bits per heavy atom. The zero-order chi connectivity index (χ0) is 18.4. The molecule has 25 heavy (non-hydrogen) atoms. The largest absolute Gasteiger partial charge is 0.460 e. The van der Waals surface area contributed by atoms with Gasteiger partial charge in [0.05, 0.1) is 12.2 Å². The molecular formula is C19H18N2O4. The molecule has 2 aromatic carbocycles. The van der Waals surface area contributed by atoms with Crippen LogP contribution < -0.4 is 15.2 Å². The molecule has 0 bridgehead atoms. The molecule has 2 aromatic rings. The average molecular weight is 338 g/mol. The molecule has 6 heteroatoms. The molecule has 0 aliphatic rings. The SMILES string of the molecule is C=C(Oc1ccc(Oc2ccc(N)c(C#N)c2)cc1C)C(=O)OCC. The molecule has 2 rings (SSSR count). The summed E-state index contributed by atoms with van der Waals surface area (Å²) < 4.78 is 16.0. The van der Waals surface area contributed by atoms with Crippen molar-refractivity contribution in [3.63, 3.8) is 0 Å². The summed E-state index contributed by atoms with van der Waals surface area (Å²) in [6, 6.07) is 12.0. The van der Waals surface area contributed by atoms with Crippen LogP contribution in [0.25, 0.3) is 0 Å². The van der Waals surface area contributed by atoms with Gasteiger partial charge in [-0.25, -0.2) is 4.79 Å². The lowest BCUT2D eigenvalue weighted by Crippen LogP contribution is -2.11. The summed E-state index contributed by atoms with van der Waals surface area (Å²) in [5.41, 5.74) is 7.18. The Labute approximate surface area is 146 Å². The maximum absolute atomic E-state index is 11.5. The molecule has 0 radical (unpaired) electrons. The number of hydrogen-bond acceptors (Lipinski definition) is 6. The van der Waals surface area contributed by atoms with Gasteiger partial charge in [0.25, 0.3) is 0 Å². The lowest BCUT2D eigenvalue weighted by atomic mass is 10.2. The fraction of sp³-hybridized carbons (Fsp3) is 0.158. The van der Waals surface area contributed by atoms with Gasteiger partial charge in [-0.1, -0.05) is 0 Å². The normalized spacial score (nSPS) is 9.80. The van der Waals surface area contributed by atoms with E-state index in [2.05, 4.69) is 6.58 Å². The van der Waals surface area contributed by atoms with Gasteiger partial charge < -0.3 is 19.9 Å². The number of hydrogen-bond donors (Lipinski definition) is 1. The first-order valence-electron chi connectivity index (χ1n) is 7.56. The van der Waals surface area contributed by atoms with Crippen LogP contribution in [0.1, 0.15) is 18.1 Å². The summed E-state index contributed by atoms with van der Waals surface area (Å²) in [6.45, 7) is 7.32. The molecule has 0 atom stereocenters. The van der Waals surface area contributed by atoms with Gasteiger partial charge in [-0.05, 0) is 56.3 Å². The Kier molecular flexibility index (Phi) is 5.64. The van der Waals surface area contributed by atoms with Gasteiger partial charge in [0.1, 0.15) is 23.3 Å². The summed E-state index contributed by atoms with van der Waals surface area (Å²) in [7, 11) is 0. The van der Waals surface area contributed by atoms with Crippen molar-refractivity contribution in [3.05, 3.63) is 59.9 Å². The maximum atomic E-state index is 11.5. The molecule has 0 amide bonds. The van der Waals surface area contributed by atoms with E-state index in [0.717, 1.165) is 5.56 Å². The molecule has 0 fully saturated rings. The van der Waals surface area contributed by atoms with Crippen molar-refractivity contribution in [2.45, 2.75) is 13.8 Å². The van der Waals surface area contributed by atoms with Crippen molar-refractivity contribution in [3.8, 4) is 23.3 Å². The molecule has 0 unspecified atom stereocenters. The number of carbonyl (C=O) groups is 1. The van der Waals surface area contributed by atoms with Crippen molar-refractivity contribution in [2.24, 2.45) is 0 Å². The smallest absolute Gasteiger partial charge is 0.373 e. The predicted octanol–water partition coefficient (Wildman–Crippen LogP) is 3.70. The fourth-order valence-electron chi connectivity index (χ4n) is 2.02. The first-order valence-corrected chi connectivity index (χ1v) is 7.56. The lowest BCUT2D eigenvalue weighted by molar-refractivity contribution is -0.140. The van der Waals surface area contributed by atoms with E-state index in [1.807, 2.05) is 13.0 Å². The number of nitrogens with two attached hydrogens (primary N) is 1. The molecule has 128 valence electrons. The van der Waals surface area contributed by atoms with Crippen LogP contribution >= 0.6 is 0 Å². The Bertz CT molecular complexity index is 853. The molecule has 0 saturated carbocycles. The van der Waals surface area contributed by atoms with Crippen LogP contribution in [0, 0.1) is 18.3 Å². The minimum absolute atomic E-state index is 0.0872. The van der Waals surface area contributed by atoms with Gasteiger partial charge in [0.15, 0.2) is 0 Å². The number of benzene rings is 2. The topological polar surface area (TPSA) is 94.6 Å². The van der Waals surface area contributed by atoms with E-state index in [1.165, 1.54) is 0 Å². The number of anilines is 1. The number of aryl methyl sites for hydroxylation is 1. The number of nitrogens with zero attached hydrogens (tertiary/aromatic N) is 1. The number of nitrogen functional groups attached to an aromatic ring is 1. The summed E-state index contributed by atoms with van der Waals surface area (Å²) in [5, 5.41) is 9.01. The second-order valence-corrected chi connectivity index (χ2v) is 5.14. The number of esters is 1. The Hall–Kier alpha value is -3.46. The predicted molar refractivity (Wildman–Crippen MR) is 93.2 cm³/mol. The lowest BCUT2D eigenvalue weighted by Gasteiger charge is -2.12. The number of nitriles is 1. The molecule has 2 N–H and O–H groups in total. The summed E-state index contributed by atoms with van der Waals surface area (Å²) in [5.74, 6) is 0.833.